The number of hydrogen-bond donors (Lipinski definition) is 2. The monoisotopic (exact) mass is 596 g/mol. The minimum atomic E-state index is -1.56. The van der Waals surface area contributed by atoms with Crippen LogP contribution < -0.4 is 21.5 Å². The number of fused-ring (bicyclic) bond motifs is 1. The summed E-state index contributed by atoms with van der Waals surface area (Å²) in [7, 11) is 2.91. The molecule has 0 aliphatic carbocycles. The molecule has 5 rings (SSSR count). The molecule has 226 valence electrons. The Morgan fingerprint density at radius 3 is 2.51 bits per heavy atom. The number of halogens is 2. The number of morpholine rings is 1. The van der Waals surface area contributed by atoms with Crippen molar-refractivity contribution in [3.05, 3.63) is 86.1 Å². The van der Waals surface area contributed by atoms with Gasteiger partial charge in [-0.3, -0.25) is 14.2 Å². The molecule has 2 N–H and O–H groups in total. The van der Waals surface area contributed by atoms with E-state index in [0.29, 0.717) is 42.4 Å². The van der Waals surface area contributed by atoms with Gasteiger partial charge in [-0.15, -0.1) is 0 Å². The summed E-state index contributed by atoms with van der Waals surface area (Å²) in [5.74, 6) is -4.88. The van der Waals surface area contributed by atoms with Crippen molar-refractivity contribution in [1.29, 1.82) is 0 Å². The van der Waals surface area contributed by atoms with Gasteiger partial charge in [0.1, 0.15) is 28.9 Å². The number of carboxylic acids is 1. The van der Waals surface area contributed by atoms with Crippen molar-refractivity contribution in [3.63, 3.8) is 0 Å². The molecule has 1 saturated heterocycles. The molecule has 1 aliphatic rings. The van der Waals surface area contributed by atoms with Crippen LogP contribution in [0.3, 0.4) is 0 Å². The van der Waals surface area contributed by atoms with E-state index in [4.69, 9.17) is 4.74 Å². The van der Waals surface area contributed by atoms with Crippen LogP contribution in [0.25, 0.3) is 16.8 Å². The smallest absolute Gasteiger partial charge is 0.330 e. The third-order valence-corrected chi connectivity index (χ3v) is 7.83. The Hall–Kier alpha value is -4.85. The molecule has 0 bridgehead atoms. The van der Waals surface area contributed by atoms with Gasteiger partial charge in [0.2, 0.25) is 0 Å². The van der Waals surface area contributed by atoms with Crippen LogP contribution >= 0.6 is 0 Å². The predicted octanol–water partition coefficient (Wildman–Crippen LogP) is 1.64. The van der Waals surface area contributed by atoms with Crippen molar-refractivity contribution in [1.82, 2.24) is 23.8 Å². The molecule has 2 atom stereocenters. The highest BCUT2D eigenvalue weighted by molar-refractivity contribution is 5.97. The Bertz CT molecular complexity index is 1860. The number of ether oxygens (including phenoxy) is 1. The van der Waals surface area contributed by atoms with Crippen LogP contribution in [0.5, 0.6) is 0 Å². The second-order valence-corrected chi connectivity index (χ2v) is 10.5. The van der Waals surface area contributed by atoms with Gasteiger partial charge in [-0.25, -0.2) is 23.4 Å². The lowest BCUT2D eigenvalue weighted by Gasteiger charge is -2.35. The maximum atomic E-state index is 15.1. The van der Waals surface area contributed by atoms with Gasteiger partial charge in [-0.2, -0.15) is 0 Å². The zero-order valence-electron chi connectivity index (χ0n) is 23.9. The average Bonchev–Trinajstić information content (AvgIpc) is 3.46. The first kappa shape index (κ1) is 29.6. The Labute approximate surface area is 243 Å². The van der Waals surface area contributed by atoms with Crippen LogP contribution in [0, 0.1) is 18.6 Å². The number of imidazole rings is 1. The van der Waals surface area contributed by atoms with E-state index in [1.54, 1.807) is 41.6 Å². The number of nitrogens with zero attached hydrogens (tertiary/aromatic N) is 5. The number of carbonyl (C=O) groups is 2. The second kappa shape index (κ2) is 11.4. The van der Waals surface area contributed by atoms with Crippen molar-refractivity contribution in [2.24, 2.45) is 14.1 Å². The summed E-state index contributed by atoms with van der Waals surface area (Å²) < 4.78 is 39.4. The minimum absolute atomic E-state index is 0.129. The molecule has 1 amide bonds. The molecule has 4 aromatic rings. The fourth-order valence-electron chi connectivity index (χ4n) is 5.38. The third-order valence-electron chi connectivity index (χ3n) is 7.83. The van der Waals surface area contributed by atoms with Gasteiger partial charge in [0, 0.05) is 68.1 Å². The van der Waals surface area contributed by atoms with E-state index in [2.05, 4.69) is 10.3 Å². The normalized spacial score (nSPS) is 16.0. The number of carbonyl (C=O) groups excluding carboxylic acids is 1. The summed E-state index contributed by atoms with van der Waals surface area (Å²) in [6.45, 7) is 4.68. The lowest BCUT2D eigenvalue weighted by Crippen LogP contribution is -2.44. The van der Waals surface area contributed by atoms with Crippen molar-refractivity contribution < 1.29 is 28.2 Å². The van der Waals surface area contributed by atoms with Crippen molar-refractivity contribution >= 4 is 23.2 Å². The zero-order valence-corrected chi connectivity index (χ0v) is 23.9. The molecule has 0 saturated carbocycles. The summed E-state index contributed by atoms with van der Waals surface area (Å²) in [5.41, 5.74) is 0.140. The van der Waals surface area contributed by atoms with E-state index in [0.717, 1.165) is 16.7 Å². The standard InChI is InChI=1S/C29H30F2N6O6/c1-15-14-43-10-9-36(15)18-11-20(30)24(21(31)12-18)26(38)33-22(28(40)41)13-17-5-6-19(25-32-7-8-37(17)25)23-16(2)34(3)29(42)35(4)27(23)39/h5-8,11-12,15,22H,9-10,13-14H2,1-4H3,(H,33,38)(H,40,41)/t15-,22+/m1/s1. The second-order valence-electron chi connectivity index (χ2n) is 10.5. The van der Waals surface area contributed by atoms with E-state index in [-0.39, 0.29) is 23.7 Å². The van der Waals surface area contributed by atoms with Gasteiger partial charge in [0.15, 0.2) is 0 Å². The number of carboxylic acid groups (broad SMARTS) is 1. The van der Waals surface area contributed by atoms with Crippen LogP contribution in [0.4, 0.5) is 14.5 Å². The maximum absolute atomic E-state index is 15.1. The lowest BCUT2D eigenvalue weighted by molar-refractivity contribution is -0.139. The number of benzene rings is 1. The SMILES string of the molecule is Cc1c(-c2ccc(C[C@H](NC(=O)c3c(F)cc(N4CCOC[C@H]4C)cc3F)C(=O)O)n3ccnc23)c(=O)n(C)c(=O)n1C. The number of aromatic nitrogens is 4. The summed E-state index contributed by atoms with van der Waals surface area (Å²) >= 11 is 0. The molecule has 3 aromatic heterocycles. The predicted molar refractivity (Wildman–Crippen MR) is 152 cm³/mol. The molecule has 4 heterocycles. The Morgan fingerprint density at radius 2 is 1.86 bits per heavy atom. The van der Waals surface area contributed by atoms with E-state index < -0.39 is 46.4 Å². The van der Waals surface area contributed by atoms with Crippen LogP contribution in [0.1, 0.15) is 28.7 Å². The van der Waals surface area contributed by atoms with Gasteiger partial charge in [-0.1, -0.05) is 0 Å². The first-order valence-corrected chi connectivity index (χ1v) is 13.5. The third kappa shape index (κ3) is 5.29. The molecule has 1 aromatic carbocycles. The topological polar surface area (TPSA) is 140 Å². The summed E-state index contributed by atoms with van der Waals surface area (Å²) in [5, 5.41) is 12.1. The molecule has 0 unspecified atom stereocenters. The molecule has 12 nitrogen and oxygen atoms in total. The molecular weight excluding hydrogens is 566 g/mol. The van der Waals surface area contributed by atoms with E-state index in [1.165, 1.54) is 17.8 Å². The number of nitrogens with one attached hydrogen (secondary N) is 1. The fourth-order valence-corrected chi connectivity index (χ4v) is 5.38. The van der Waals surface area contributed by atoms with E-state index in [9.17, 15) is 24.3 Å². The van der Waals surface area contributed by atoms with E-state index in [1.807, 2.05) is 6.92 Å². The number of amides is 1. The Kier molecular flexibility index (Phi) is 7.88. The molecule has 0 spiro atoms. The number of rotatable bonds is 7. The summed E-state index contributed by atoms with van der Waals surface area (Å²) in [6, 6.07) is 3.56. The maximum Gasteiger partial charge on any atom is 0.330 e. The van der Waals surface area contributed by atoms with Gasteiger partial charge in [0.05, 0.1) is 18.8 Å². The fraction of sp³-hybridized carbons (Fsp3) is 0.345. The molecule has 1 aliphatic heterocycles. The lowest BCUT2D eigenvalue weighted by atomic mass is 10.0. The summed E-state index contributed by atoms with van der Waals surface area (Å²) in [6.07, 6.45) is 2.74. The number of anilines is 1. The van der Waals surface area contributed by atoms with Gasteiger partial charge in [-0.05, 0) is 38.1 Å². The largest absolute Gasteiger partial charge is 0.480 e. The molecule has 1 fully saturated rings. The first-order chi connectivity index (χ1) is 20.4. The van der Waals surface area contributed by atoms with Crippen LogP contribution in [0.15, 0.2) is 46.2 Å². The van der Waals surface area contributed by atoms with Crippen LogP contribution in [-0.2, 0) is 30.0 Å². The van der Waals surface area contributed by atoms with Crippen molar-refractivity contribution in [3.8, 4) is 11.1 Å². The Morgan fingerprint density at radius 1 is 1.16 bits per heavy atom. The molecule has 43 heavy (non-hydrogen) atoms. The minimum Gasteiger partial charge on any atom is -0.480 e. The van der Waals surface area contributed by atoms with Crippen molar-refractivity contribution in [2.45, 2.75) is 32.4 Å². The molecular formula is C29H30F2N6O6. The summed E-state index contributed by atoms with van der Waals surface area (Å²) in [4.78, 5) is 56.6. The van der Waals surface area contributed by atoms with Crippen LogP contribution in [-0.4, -0.2) is 67.3 Å². The van der Waals surface area contributed by atoms with E-state index >= 15 is 8.78 Å². The molecule has 14 heteroatoms. The Balaban J connectivity index is 1.45. The van der Waals surface area contributed by atoms with Gasteiger partial charge < -0.3 is 29.0 Å². The van der Waals surface area contributed by atoms with Crippen molar-refractivity contribution in [2.75, 3.05) is 24.7 Å². The first-order valence-electron chi connectivity index (χ1n) is 13.5. The van der Waals surface area contributed by atoms with Crippen LogP contribution in [0.2, 0.25) is 0 Å². The quantitative estimate of drug-likeness (QED) is 0.328. The van der Waals surface area contributed by atoms with Gasteiger partial charge in [0.25, 0.3) is 11.5 Å². The van der Waals surface area contributed by atoms with Gasteiger partial charge >= 0.3 is 11.7 Å². The number of pyridine rings is 1. The highest BCUT2D eigenvalue weighted by atomic mass is 19.1. The zero-order chi connectivity index (χ0) is 31.2. The number of hydrogen-bond acceptors (Lipinski definition) is 7. The number of aliphatic carboxylic acids is 1. The highest BCUT2D eigenvalue weighted by Gasteiger charge is 2.28. The highest BCUT2D eigenvalue weighted by Crippen LogP contribution is 2.27. The average molecular weight is 597 g/mol. The molecule has 0 radical (unpaired) electrons.